The van der Waals surface area contributed by atoms with E-state index in [0.717, 1.165) is 12.8 Å². The van der Waals surface area contributed by atoms with Gasteiger partial charge in [0.1, 0.15) is 0 Å². The van der Waals surface area contributed by atoms with Crippen molar-refractivity contribution in [2.24, 2.45) is 0 Å². The standard InChI is InChI=1S/C12H16/c1-11(2)7-6-10-12-8-4-3-5-9-12/h3-5,7-9H,6,10H2,1-2H3. The Bertz CT molecular complexity index is 240. The summed E-state index contributed by atoms with van der Waals surface area (Å²) in [5.74, 6) is 0. The SMILES string of the molecule is CC(C)=CCCc1ccccc1. The molecule has 0 N–H and O–H groups in total. The third kappa shape index (κ3) is 3.38. The van der Waals surface area contributed by atoms with E-state index in [-0.39, 0.29) is 0 Å². The van der Waals surface area contributed by atoms with Gasteiger partial charge in [-0.1, -0.05) is 42.0 Å². The molecule has 0 saturated carbocycles. The molecule has 0 radical (unpaired) electrons. The van der Waals surface area contributed by atoms with Crippen molar-refractivity contribution in [3.8, 4) is 0 Å². The van der Waals surface area contributed by atoms with Gasteiger partial charge >= 0.3 is 0 Å². The van der Waals surface area contributed by atoms with Gasteiger partial charge in [0.15, 0.2) is 0 Å². The van der Waals surface area contributed by atoms with Crippen molar-refractivity contribution in [1.29, 1.82) is 0 Å². The lowest BCUT2D eigenvalue weighted by molar-refractivity contribution is 0.989. The highest BCUT2D eigenvalue weighted by atomic mass is 13.9. The summed E-state index contributed by atoms with van der Waals surface area (Å²) in [7, 11) is 0. The fraction of sp³-hybridized carbons (Fsp3) is 0.333. The molecule has 12 heavy (non-hydrogen) atoms. The molecular formula is C12H16. The minimum Gasteiger partial charge on any atom is -0.0856 e. The van der Waals surface area contributed by atoms with Crippen LogP contribution in [0.25, 0.3) is 0 Å². The maximum Gasteiger partial charge on any atom is -0.0244 e. The number of hydrogen-bond donors (Lipinski definition) is 0. The van der Waals surface area contributed by atoms with Gasteiger partial charge < -0.3 is 0 Å². The normalized spacial score (nSPS) is 9.50. The van der Waals surface area contributed by atoms with Crippen molar-refractivity contribution in [2.75, 3.05) is 0 Å². The van der Waals surface area contributed by atoms with E-state index in [2.05, 4.69) is 50.3 Å². The minimum absolute atomic E-state index is 1.16. The van der Waals surface area contributed by atoms with E-state index in [0.29, 0.717) is 0 Å². The van der Waals surface area contributed by atoms with Gasteiger partial charge in [0.2, 0.25) is 0 Å². The van der Waals surface area contributed by atoms with Gasteiger partial charge in [-0.25, -0.2) is 0 Å². The number of aryl methyl sites for hydroxylation is 1. The summed E-state index contributed by atoms with van der Waals surface area (Å²) in [6.45, 7) is 4.29. The zero-order chi connectivity index (χ0) is 8.81. The van der Waals surface area contributed by atoms with E-state index in [1.807, 2.05) is 0 Å². The molecule has 0 aliphatic heterocycles. The number of allylic oxidation sites excluding steroid dienone is 2. The summed E-state index contributed by atoms with van der Waals surface area (Å²) in [5.41, 5.74) is 2.83. The van der Waals surface area contributed by atoms with Gasteiger partial charge in [0, 0.05) is 0 Å². The van der Waals surface area contributed by atoms with Crippen LogP contribution in [0.3, 0.4) is 0 Å². The van der Waals surface area contributed by atoms with Crippen LogP contribution in [0.15, 0.2) is 42.0 Å². The van der Waals surface area contributed by atoms with Gasteiger partial charge in [0.05, 0.1) is 0 Å². The molecule has 1 rings (SSSR count). The van der Waals surface area contributed by atoms with Crippen molar-refractivity contribution in [3.05, 3.63) is 47.5 Å². The Balaban J connectivity index is 2.39. The first-order valence-electron chi connectivity index (χ1n) is 4.46. The topological polar surface area (TPSA) is 0 Å². The Morgan fingerprint density at radius 2 is 1.83 bits per heavy atom. The molecule has 0 fully saturated rings. The Labute approximate surface area is 74.9 Å². The molecule has 0 saturated heterocycles. The molecule has 0 aromatic heterocycles. The van der Waals surface area contributed by atoms with Crippen molar-refractivity contribution in [2.45, 2.75) is 26.7 Å². The van der Waals surface area contributed by atoms with E-state index in [1.54, 1.807) is 0 Å². The van der Waals surface area contributed by atoms with E-state index in [1.165, 1.54) is 11.1 Å². The zero-order valence-electron chi connectivity index (χ0n) is 7.88. The molecule has 0 heteroatoms. The van der Waals surface area contributed by atoms with Crippen LogP contribution in [0.1, 0.15) is 25.8 Å². The predicted octanol–water partition coefficient (Wildman–Crippen LogP) is 3.59. The Morgan fingerprint density at radius 1 is 1.17 bits per heavy atom. The van der Waals surface area contributed by atoms with E-state index in [9.17, 15) is 0 Å². The van der Waals surface area contributed by atoms with Crippen LogP contribution in [0.4, 0.5) is 0 Å². The molecule has 0 atom stereocenters. The van der Waals surface area contributed by atoms with E-state index < -0.39 is 0 Å². The first-order chi connectivity index (χ1) is 5.79. The molecule has 0 aliphatic carbocycles. The molecule has 1 aromatic rings. The summed E-state index contributed by atoms with van der Waals surface area (Å²) in [6, 6.07) is 10.6. The summed E-state index contributed by atoms with van der Waals surface area (Å²) in [6.07, 6.45) is 4.60. The molecule has 1 aromatic carbocycles. The summed E-state index contributed by atoms with van der Waals surface area (Å²) >= 11 is 0. The van der Waals surface area contributed by atoms with Crippen LogP contribution in [-0.4, -0.2) is 0 Å². The predicted molar refractivity (Wildman–Crippen MR) is 54.2 cm³/mol. The third-order valence-corrected chi connectivity index (χ3v) is 1.83. The van der Waals surface area contributed by atoms with Crippen LogP contribution in [0.5, 0.6) is 0 Å². The Hall–Kier alpha value is -1.04. The van der Waals surface area contributed by atoms with E-state index >= 15 is 0 Å². The lowest BCUT2D eigenvalue weighted by Gasteiger charge is -1.96. The second-order valence-corrected chi connectivity index (χ2v) is 3.31. The van der Waals surface area contributed by atoms with Crippen molar-refractivity contribution < 1.29 is 0 Å². The molecule has 0 spiro atoms. The fourth-order valence-electron chi connectivity index (χ4n) is 1.17. The molecule has 0 heterocycles. The molecule has 0 unspecified atom stereocenters. The highest BCUT2D eigenvalue weighted by molar-refractivity contribution is 5.15. The van der Waals surface area contributed by atoms with Gasteiger partial charge in [-0.05, 0) is 32.3 Å². The molecule has 0 amide bonds. The van der Waals surface area contributed by atoms with Gasteiger partial charge in [-0.15, -0.1) is 0 Å². The lowest BCUT2D eigenvalue weighted by Crippen LogP contribution is -1.81. The molecule has 64 valence electrons. The third-order valence-electron chi connectivity index (χ3n) is 1.83. The highest BCUT2D eigenvalue weighted by Crippen LogP contribution is 2.04. The van der Waals surface area contributed by atoms with Crippen molar-refractivity contribution in [1.82, 2.24) is 0 Å². The van der Waals surface area contributed by atoms with Crippen LogP contribution >= 0.6 is 0 Å². The lowest BCUT2D eigenvalue weighted by atomic mass is 10.1. The van der Waals surface area contributed by atoms with Gasteiger partial charge in [-0.3, -0.25) is 0 Å². The van der Waals surface area contributed by atoms with Crippen LogP contribution in [0, 0.1) is 0 Å². The number of benzene rings is 1. The highest BCUT2D eigenvalue weighted by Gasteiger charge is 1.87. The molecule has 0 bridgehead atoms. The van der Waals surface area contributed by atoms with E-state index in [4.69, 9.17) is 0 Å². The monoisotopic (exact) mass is 160 g/mol. The largest absolute Gasteiger partial charge is 0.0856 e. The summed E-state index contributed by atoms with van der Waals surface area (Å²) < 4.78 is 0. The smallest absolute Gasteiger partial charge is 0.0244 e. The first-order valence-corrected chi connectivity index (χ1v) is 4.46. The zero-order valence-corrected chi connectivity index (χ0v) is 7.88. The van der Waals surface area contributed by atoms with Crippen molar-refractivity contribution in [3.63, 3.8) is 0 Å². The Kier molecular flexibility index (Phi) is 3.59. The van der Waals surface area contributed by atoms with Crippen molar-refractivity contribution >= 4 is 0 Å². The number of hydrogen-bond acceptors (Lipinski definition) is 0. The average molecular weight is 160 g/mol. The fourth-order valence-corrected chi connectivity index (χ4v) is 1.17. The van der Waals surface area contributed by atoms with Crippen LogP contribution in [0.2, 0.25) is 0 Å². The second-order valence-electron chi connectivity index (χ2n) is 3.31. The van der Waals surface area contributed by atoms with Crippen LogP contribution in [-0.2, 0) is 6.42 Å². The maximum atomic E-state index is 2.28. The number of rotatable bonds is 3. The first kappa shape index (κ1) is 9.05. The van der Waals surface area contributed by atoms with Crippen LogP contribution < -0.4 is 0 Å². The summed E-state index contributed by atoms with van der Waals surface area (Å²) in [5, 5.41) is 0. The molecular weight excluding hydrogens is 144 g/mol. The quantitative estimate of drug-likeness (QED) is 0.593. The average Bonchev–Trinajstić information content (AvgIpc) is 2.05. The second kappa shape index (κ2) is 4.76. The van der Waals surface area contributed by atoms with Gasteiger partial charge in [-0.2, -0.15) is 0 Å². The Morgan fingerprint density at radius 3 is 2.42 bits per heavy atom. The molecule has 0 aliphatic rings. The molecule has 0 nitrogen and oxygen atoms in total. The van der Waals surface area contributed by atoms with Gasteiger partial charge in [0.25, 0.3) is 0 Å². The maximum absolute atomic E-state index is 2.28. The minimum atomic E-state index is 1.16. The summed E-state index contributed by atoms with van der Waals surface area (Å²) in [4.78, 5) is 0.